The first-order chi connectivity index (χ1) is 37.0. The lowest BCUT2D eigenvalue weighted by Crippen LogP contribution is -2.45. The lowest BCUT2D eigenvalue weighted by Gasteiger charge is -2.22. The van der Waals surface area contributed by atoms with Crippen molar-refractivity contribution in [3.05, 3.63) is 0 Å². The van der Waals surface area contributed by atoms with Crippen LogP contribution in [0.2, 0.25) is 0 Å². The number of nitrogens with one attached hydrogen (secondary N) is 1. The van der Waals surface area contributed by atoms with Gasteiger partial charge in [-0.2, -0.15) is 0 Å². The van der Waals surface area contributed by atoms with Gasteiger partial charge in [-0.1, -0.05) is 367 Å². The Labute approximate surface area is 470 Å². The van der Waals surface area contributed by atoms with Crippen LogP contribution >= 0.6 is 0 Å². The molecule has 6 nitrogen and oxygen atoms in total. The van der Waals surface area contributed by atoms with E-state index in [4.69, 9.17) is 4.74 Å². The fraction of sp³-hybridized carbons (Fsp3) is 0.971. The molecule has 6 heteroatoms. The predicted octanol–water partition coefficient (Wildman–Crippen LogP) is 22.2. The van der Waals surface area contributed by atoms with Gasteiger partial charge in [0, 0.05) is 12.8 Å². The Bertz CT molecular complexity index is 1080. The van der Waals surface area contributed by atoms with Gasteiger partial charge in [-0.25, -0.2) is 0 Å². The van der Waals surface area contributed by atoms with Crippen LogP contribution in [0.25, 0.3) is 0 Å². The van der Waals surface area contributed by atoms with Crippen molar-refractivity contribution < 1.29 is 24.5 Å². The Balaban J connectivity index is 3.36. The third-order valence-electron chi connectivity index (χ3n) is 16.7. The van der Waals surface area contributed by atoms with Crippen LogP contribution in [0.5, 0.6) is 0 Å². The Morgan fingerprint density at radius 2 is 0.547 bits per heavy atom. The maximum absolute atomic E-state index is 12.5. The highest BCUT2D eigenvalue weighted by Gasteiger charge is 2.20. The van der Waals surface area contributed by atoms with Crippen molar-refractivity contribution in [2.24, 2.45) is 0 Å². The number of carbonyl (C=O) groups excluding carboxylic acids is 2. The van der Waals surface area contributed by atoms with Crippen molar-refractivity contribution in [2.45, 2.75) is 418 Å². The SMILES string of the molecule is CCCCCCCCCCCCCCCCCCCCCCCCC(O)C(CO)NC(=O)CCCCCCCCCCCCCCCCCCCCCCCCCOC(=O)CCCCCCCCCCCCCCC. The van der Waals surface area contributed by atoms with Crippen LogP contribution in [-0.2, 0) is 14.3 Å². The molecule has 448 valence electrons. The van der Waals surface area contributed by atoms with Gasteiger partial charge in [-0.15, -0.1) is 0 Å². The topological polar surface area (TPSA) is 95.9 Å². The van der Waals surface area contributed by atoms with Crippen LogP contribution in [0.15, 0.2) is 0 Å². The van der Waals surface area contributed by atoms with Gasteiger partial charge in [-0.05, 0) is 25.7 Å². The molecule has 0 aliphatic heterocycles. The smallest absolute Gasteiger partial charge is 0.305 e. The first kappa shape index (κ1) is 73.9. The van der Waals surface area contributed by atoms with E-state index in [2.05, 4.69) is 19.2 Å². The minimum absolute atomic E-state index is 0.0174. The largest absolute Gasteiger partial charge is 0.466 e. The molecule has 0 aromatic carbocycles. The molecule has 0 aromatic heterocycles. The van der Waals surface area contributed by atoms with E-state index in [1.54, 1.807) is 0 Å². The van der Waals surface area contributed by atoms with E-state index in [9.17, 15) is 19.8 Å². The summed E-state index contributed by atoms with van der Waals surface area (Å²) in [5.41, 5.74) is 0. The zero-order valence-electron chi connectivity index (χ0n) is 51.3. The van der Waals surface area contributed by atoms with Gasteiger partial charge >= 0.3 is 5.97 Å². The summed E-state index contributed by atoms with van der Waals surface area (Å²) in [6.07, 6.45) is 78.5. The zero-order chi connectivity index (χ0) is 54.3. The Morgan fingerprint density at radius 3 is 0.813 bits per heavy atom. The molecule has 0 aliphatic rings. The number of amides is 1. The highest BCUT2D eigenvalue weighted by molar-refractivity contribution is 5.76. The molecular weight excluding hydrogens is 923 g/mol. The number of hydrogen-bond acceptors (Lipinski definition) is 5. The minimum Gasteiger partial charge on any atom is -0.466 e. The summed E-state index contributed by atoms with van der Waals surface area (Å²) in [7, 11) is 0. The van der Waals surface area contributed by atoms with E-state index in [1.165, 1.54) is 334 Å². The first-order valence-electron chi connectivity index (χ1n) is 34.8. The summed E-state index contributed by atoms with van der Waals surface area (Å²) >= 11 is 0. The fourth-order valence-electron chi connectivity index (χ4n) is 11.4. The maximum atomic E-state index is 12.5. The average molecular weight is 1060 g/mol. The molecule has 0 saturated heterocycles. The summed E-state index contributed by atoms with van der Waals surface area (Å²) in [5.74, 6) is -0.0115. The van der Waals surface area contributed by atoms with Crippen LogP contribution in [0.4, 0.5) is 0 Å². The van der Waals surface area contributed by atoms with E-state index in [1.807, 2.05) is 0 Å². The Morgan fingerprint density at radius 1 is 0.320 bits per heavy atom. The molecule has 0 fully saturated rings. The van der Waals surface area contributed by atoms with Gasteiger partial charge in [-0.3, -0.25) is 9.59 Å². The molecule has 0 heterocycles. The average Bonchev–Trinajstić information content (AvgIpc) is 3.41. The summed E-state index contributed by atoms with van der Waals surface area (Å²) < 4.78 is 5.49. The van der Waals surface area contributed by atoms with Crippen molar-refractivity contribution in [1.82, 2.24) is 5.32 Å². The van der Waals surface area contributed by atoms with Gasteiger partial charge in [0.05, 0.1) is 25.4 Å². The standard InChI is InChI=1S/C69H137NO5/c1-3-5-7-9-11-13-15-17-18-19-20-21-25-28-31-34-38-41-45-49-53-57-61-67(72)66(65-71)70-68(73)62-58-54-50-46-42-39-35-32-29-26-23-22-24-27-30-33-36-40-44-48-52-56-60-64-75-69(74)63-59-55-51-47-43-37-16-14-12-10-8-6-4-2/h66-67,71-72H,3-65H2,1-2H3,(H,70,73). The van der Waals surface area contributed by atoms with Crippen LogP contribution < -0.4 is 5.32 Å². The number of aliphatic hydroxyl groups is 2. The van der Waals surface area contributed by atoms with Crippen molar-refractivity contribution in [1.29, 1.82) is 0 Å². The molecule has 2 atom stereocenters. The normalized spacial score (nSPS) is 12.4. The van der Waals surface area contributed by atoms with Crippen LogP contribution in [0.3, 0.4) is 0 Å². The Hall–Kier alpha value is -1.14. The number of esters is 1. The van der Waals surface area contributed by atoms with Crippen LogP contribution in [-0.4, -0.2) is 47.4 Å². The van der Waals surface area contributed by atoms with Gasteiger partial charge in [0.25, 0.3) is 0 Å². The third kappa shape index (κ3) is 61.9. The van der Waals surface area contributed by atoms with Gasteiger partial charge in [0.15, 0.2) is 0 Å². The van der Waals surface area contributed by atoms with E-state index in [0.29, 0.717) is 25.9 Å². The van der Waals surface area contributed by atoms with Gasteiger partial charge in [0.1, 0.15) is 0 Å². The second-order valence-corrected chi connectivity index (χ2v) is 24.2. The number of hydrogen-bond donors (Lipinski definition) is 3. The summed E-state index contributed by atoms with van der Waals surface area (Å²) in [4.78, 5) is 24.6. The van der Waals surface area contributed by atoms with Crippen LogP contribution in [0, 0.1) is 0 Å². The molecule has 0 aliphatic carbocycles. The predicted molar refractivity (Wildman–Crippen MR) is 329 cm³/mol. The number of carbonyl (C=O) groups is 2. The van der Waals surface area contributed by atoms with Crippen molar-refractivity contribution in [2.75, 3.05) is 13.2 Å². The van der Waals surface area contributed by atoms with Gasteiger partial charge in [0.2, 0.25) is 5.91 Å². The molecule has 0 rings (SSSR count). The molecule has 2 unspecified atom stereocenters. The summed E-state index contributed by atoms with van der Waals surface area (Å²) in [6.45, 7) is 5.00. The molecule has 0 bridgehead atoms. The monoisotopic (exact) mass is 1060 g/mol. The zero-order valence-corrected chi connectivity index (χ0v) is 51.3. The highest BCUT2D eigenvalue weighted by Crippen LogP contribution is 2.19. The van der Waals surface area contributed by atoms with Crippen molar-refractivity contribution in [3.63, 3.8) is 0 Å². The molecule has 75 heavy (non-hydrogen) atoms. The number of aliphatic hydroxyl groups excluding tert-OH is 2. The minimum atomic E-state index is -0.664. The number of ether oxygens (including phenoxy) is 1. The van der Waals surface area contributed by atoms with E-state index in [0.717, 1.165) is 38.5 Å². The quantitative estimate of drug-likeness (QED) is 0.0417. The van der Waals surface area contributed by atoms with E-state index < -0.39 is 12.1 Å². The Kier molecular flexibility index (Phi) is 64.4. The number of unbranched alkanes of at least 4 members (excludes halogenated alkanes) is 55. The molecular formula is C69H137NO5. The van der Waals surface area contributed by atoms with E-state index in [-0.39, 0.29) is 18.5 Å². The van der Waals surface area contributed by atoms with Gasteiger partial charge < -0.3 is 20.3 Å². The molecule has 0 aromatic rings. The molecule has 0 radical (unpaired) electrons. The lowest BCUT2D eigenvalue weighted by atomic mass is 10.0. The first-order valence-corrected chi connectivity index (χ1v) is 34.8. The number of rotatable bonds is 66. The highest BCUT2D eigenvalue weighted by atomic mass is 16.5. The second kappa shape index (κ2) is 65.4. The molecule has 3 N–H and O–H groups in total. The molecule has 1 amide bonds. The fourth-order valence-corrected chi connectivity index (χ4v) is 11.4. The molecule has 0 saturated carbocycles. The third-order valence-corrected chi connectivity index (χ3v) is 16.7. The lowest BCUT2D eigenvalue weighted by molar-refractivity contribution is -0.143. The van der Waals surface area contributed by atoms with Crippen molar-refractivity contribution >= 4 is 11.9 Å². The molecule has 0 spiro atoms. The second-order valence-electron chi connectivity index (χ2n) is 24.2. The van der Waals surface area contributed by atoms with E-state index >= 15 is 0 Å². The summed E-state index contributed by atoms with van der Waals surface area (Å²) in [5, 5.41) is 23.4. The van der Waals surface area contributed by atoms with Crippen LogP contribution in [0.1, 0.15) is 406 Å². The maximum Gasteiger partial charge on any atom is 0.305 e. The summed E-state index contributed by atoms with van der Waals surface area (Å²) in [6, 6.07) is -0.541. The van der Waals surface area contributed by atoms with Crippen molar-refractivity contribution in [3.8, 4) is 0 Å².